The van der Waals surface area contributed by atoms with E-state index in [1.54, 1.807) is 31.2 Å². The molecule has 6 nitrogen and oxygen atoms in total. The maximum Gasteiger partial charge on any atom is 0.341 e. The second-order valence-corrected chi connectivity index (χ2v) is 8.74. The van der Waals surface area contributed by atoms with E-state index in [0.717, 1.165) is 24.0 Å². The molecule has 0 bridgehead atoms. The van der Waals surface area contributed by atoms with Gasteiger partial charge >= 0.3 is 5.97 Å². The van der Waals surface area contributed by atoms with Gasteiger partial charge in [-0.25, -0.2) is 4.79 Å². The number of benzene rings is 2. The highest BCUT2D eigenvalue weighted by Crippen LogP contribution is 2.37. The van der Waals surface area contributed by atoms with Crippen LogP contribution in [-0.2, 0) is 22.4 Å². The zero-order valence-corrected chi connectivity index (χ0v) is 19.3. The summed E-state index contributed by atoms with van der Waals surface area (Å²) >= 11 is 1.28. The summed E-state index contributed by atoms with van der Waals surface area (Å²) in [7, 11) is 0. The van der Waals surface area contributed by atoms with Crippen LogP contribution in [0.4, 0.5) is 5.00 Å². The van der Waals surface area contributed by atoms with Crippen molar-refractivity contribution in [2.75, 3.05) is 18.5 Å². The zero-order chi connectivity index (χ0) is 23.2. The van der Waals surface area contributed by atoms with Crippen LogP contribution in [0.5, 0.6) is 0 Å². The Balaban J connectivity index is 1.53. The van der Waals surface area contributed by atoms with Crippen molar-refractivity contribution in [1.82, 2.24) is 5.32 Å². The Bertz CT molecular complexity index is 1170. The fraction of sp³-hybridized carbons (Fsp3) is 0.269. The quantitative estimate of drug-likeness (QED) is 0.492. The van der Waals surface area contributed by atoms with Crippen LogP contribution in [-0.4, -0.2) is 30.9 Å². The first-order chi connectivity index (χ1) is 16.1. The molecule has 1 heterocycles. The SMILES string of the molecule is CCOC(=O)c1c(-c2ccc3c(c2)CCCC3)csc1NC(=O)CNC(=O)c1ccccc1. The van der Waals surface area contributed by atoms with E-state index >= 15 is 0 Å². The summed E-state index contributed by atoms with van der Waals surface area (Å²) in [5.41, 5.74) is 5.18. The number of carbonyl (C=O) groups is 3. The van der Waals surface area contributed by atoms with Crippen molar-refractivity contribution >= 4 is 34.1 Å². The molecule has 0 unspecified atom stereocenters. The summed E-state index contributed by atoms with van der Waals surface area (Å²) in [6.07, 6.45) is 4.49. The lowest BCUT2D eigenvalue weighted by molar-refractivity contribution is -0.115. The molecule has 2 amide bonds. The summed E-state index contributed by atoms with van der Waals surface area (Å²) in [5, 5.41) is 7.66. The second-order valence-electron chi connectivity index (χ2n) is 7.86. The Morgan fingerprint density at radius 1 is 1.00 bits per heavy atom. The standard InChI is InChI=1S/C26H26N2O4S/c1-2-32-26(31)23-21(20-13-12-17-8-6-7-11-19(17)14-20)16-33-25(23)28-22(29)15-27-24(30)18-9-4-3-5-10-18/h3-5,9-10,12-14,16H,2,6-8,11,15H2,1H3,(H,27,30)(H,28,29). The molecule has 4 rings (SSSR count). The monoisotopic (exact) mass is 462 g/mol. The van der Waals surface area contributed by atoms with Gasteiger partial charge in [0, 0.05) is 16.5 Å². The van der Waals surface area contributed by atoms with Gasteiger partial charge in [-0.1, -0.05) is 36.4 Å². The number of anilines is 1. The third-order valence-corrected chi connectivity index (χ3v) is 6.52. The molecule has 170 valence electrons. The van der Waals surface area contributed by atoms with Gasteiger partial charge in [0.05, 0.1) is 13.2 Å². The van der Waals surface area contributed by atoms with Crippen molar-refractivity contribution in [2.24, 2.45) is 0 Å². The van der Waals surface area contributed by atoms with E-state index in [1.807, 2.05) is 17.5 Å². The Labute approximate surface area is 197 Å². The Hall–Kier alpha value is -3.45. The van der Waals surface area contributed by atoms with Gasteiger partial charge in [0.15, 0.2) is 0 Å². The van der Waals surface area contributed by atoms with Crippen molar-refractivity contribution in [3.8, 4) is 11.1 Å². The number of carbonyl (C=O) groups excluding carboxylic acids is 3. The fourth-order valence-electron chi connectivity index (χ4n) is 3.99. The Morgan fingerprint density at radius 2 is 1.76 bits per heavy atom. The molecule has 0 spiro atoms. The lowest BCUT2D eigenvalue weighted by Crippen LogP contribution is -2.33. The van der Waals surface area contributed by atoms with Crippen LogP contribution in [0.25, 0.3) is 11.1 Å². The number of rotatable bonds is 7. The molecule has 0 atom stereocenters. The van der Waals surface area contributed by atoms with E-state index in [4.69, 9.17) is 4.74 Å². The Morgan fingerprint density at radius 3 is 2.52 bits per heavy atom. The van der Waals surface area contributed by atoms with Crippen molar-refractivity contribution in [2.45, 2.75) is 32.6 Å². The summed E-state index contributed by atoms with van der Waals surface area (Å²) in [4.78, 5) is 37.6. The summed E-state index contributed by atoms with van der Waals surface area (Å²) in [5.74, 6) is -1.23. The van der Waals surface area contributed by atoms with Crippen LogP contribution in [0, 0.1) is 0 Å². The fourth-order valence-corrected chi connectivity index (χ4v) is 4.97. The van der Waals surface area contributed by atoms with E-state index in [0.29, 0.717) is 16.1 Å². The van der Waals surface area contributed by atoms with E-state index in [2.05, 4.69) is 22.8 Å². The Kier molecular flexibility index (Phi) is 7.19. The van der Waals surface area contributed by atoms with E-state index in [1.165, 1.54) is 35.3 Å². The molecule has 1 aliphatic rings. The lowest BCUT2D eigenvalue weighted by Gasteiger charge is -2.17. The highest BCUT2D eigenvalue weighted by Gasteiger charge is 2.24. The third-order valence-electron chi connectivity index (χ3n) is 5.63. The van der Waals surface area contributed by atoms with Gasteiger partial charge in [0.1, 0.15) is 10.6 Å². The molecule has 1 aliphatic carbocycles. The molecule has 0 fully saturated rings. The minimum absolute atomic E-state index is 0.206. The molecule has 7 heteroatoms. The molecular weight excluding hydrogens is 436 g/mol. The minimum atomic E-state index is -0.477. The number of amides is 2. The van der Waals surface area contributed by atoms with Crippen molar-refractivity contribution in [3.63, 3.8) is 0 Å². The number of ether oxygens (including phenoxy) is 1. The van der Waals surface area contributed by atoms with Crippen LogP contribution in [0.2, 0.25) is 0 Å². The van der Waals surface area contributed by atoms with Crippen LogP contribution in [0.1, 0.15) is 51.6 Å². The minimum Gasteiger partial charge on any atom is -0.462 e. The van der Waals surface area contributed by atoms with Crippen molar-refractivity contribution in [3.05, 3.63) is 76.2 Å². The molecule has 3 aromatic rings. The molecule has 0 aliphatic heterocycles. The number of fused-ring (bicyclic) bond motifs is 1. The number of nitrogens with one attached hydrogen (secondary N) is 2. The van der Waals surface area contributed by atoms with Gasteiger partial charge in [-0.2, -0.15) is 0 Å². The number of hydrogen-bond donors (Lipinski definition) is 2. The van der Waals surface area contributed by atoms with Gasteiger partial charge in [0.25, 0.3) is 5.91 Å². The molecule has 0 saturated carbocycles. The highest BCUT2D eigenvalue weighted by molar-refractivity contribution is 7.15. The number of aryl methyl sites for hydroxylation is 2. The first-order valence-corrected chi connectivity index (χ1v) is 12.0. The third kappa shape index (κ3) is 5.31. The number of esters is 1. The predicted molar refractivity (Wildman–Crippen MR) is 130 cm³/mol. The van der Waals surface area contributed by atoms with Crippen LogP contribution < -0.4 is 10.6 Å². The lowest BCUT2D eigenvalue weighted by atomic mass is 9.89. The average Bonchev–Trinajstić information content (AvgIpc) is 3.26. The van der Waals surface area contributed by atoms with Gasteiger partial charge < -0.3 is 15.4 Å². The average molecular weight is 463 g/mol. The largest absolute Gasteiger partial charge is 0.462 e. The van der Waals surface area contributed by atoms with Gasteiger partial charge in [0.2, 0.25) is 5.91 Å². The summed E-state index contributed by atoms with van der Waals surface area (Å²) in [6.45, 7) is 1.78. The topological polar surface area (TPSA) is 84.5 Å². The summed E-state index contributed by atoms with van der Waals surface area (Å²) in [6, 6.07) is 15.0. The van der Waals surface area contributed by atoms with Crippen molar-refractivity contribution < 1.29 is 19.1 Å². The van der Waals surface area contributed by atoms with Gasteiger partial charge in [-0.15, -0.1) is 11.3 Å². The number of thiophene rings is 1. The van der Waals surface area contributed by atoms with Crippen LogP contribution in [0.15, 0.2) is 53.9 Å². The highest BCUT2D eigenvalue weighted by atomic mass is 32.1. The molecule has 1 aromatic heterocycles. The first kappa shape index (κ1) is 22.7. The maximum absolute atomic E-state index is 12.8. The predicted octanol–water partition coefficient (Wildman–Crippen LogP) is 4.84. The normalized spacial score (nSPS) is 12.5. The van der Waals surface area contributed by atoms with E-state index in [-0.39, 0.29) is 19.1 Å². The molecule has 0 radical (unpaired) electrons. The smallest absolute Gasteiger partial charge is 0.341 e. The molecule has 2 aromatic carbocycles. The summed E-state index contributed by atoms with van der Waals surface area (Å²) < 4.78 is 5.29. The molecule has 2 N–H and O–H groups in total. The zero-order valence-electron chi connectivity index (χ0n) is 18.5. The van der Waals surface area contributed by atoms with Crippen LogP contribution >= 0.6 is 11.3 Å². The van der Waals surface area contributed by atoms with Gasteiger partial charge in [-0.05, 0) is 61.4 Å². The second kappa shape index (κ2) is 10.4. The maximum atomic E-state index is 12.8. The molecular formula is C26H26N2O4S. The van der Waals surface area contributed by atoms with E-state index in [9.17, 15) is 14.4 Å². The molecule has 0 saturated heterocycles. The molecule has 33 heavy (non-hydrogen) atoms. The van der Waals surface area contributed by atoms with E-state index < -0.39 is 11.9 Å². The first-order valence-electron chi connectivity index (χ1n) is 11.1. The number of hydrogen-bond acceptors (Lipinski definition) is 5. The van der Waals surface area contributed by atoms with Crippen molar-refractivity contribution in [1.29, 1.82) is 0 Å². The van der Waals surface area contributed by atoms with Gasteiger partial charge in [-0.3, -0.25) is 9.59 Å². The van der Waals surface area contributed by atoms with Crippen LogP contribution in [0.3, 0.4) is 0 Å².